The molecule has 3 heterocycles. The van der Waals surface area contributed by atoms with E-state index < -0.39 is 0 Å². The number of hydrogen-bond donors (Lipinski definition) is 1. The number of rotatable bonds is 7. The minimum absolute atomic E-state index is 0.177. The van der Waals surface area contributed by atoms with Crippen LogP contribution in [0.2, 0.25) is 0 Å². The van der Waals surface area contributed by atoms with E-state index in [0.717, 1.165) is 61.3 Å². The highest BCUT2D eigenvalue weighted by Gasteiger charge is 2.24. The van der Waals surface area contributed by atoms with Crippen molar-refractivity contribution in [2.75, 3.05) is 27.3 Å². The zero-order valence-corrected chi connectivity index (χ0v) is 18.9. The monoisotopic (exact) mass is 439 g/mol. The van der Waals surface area contributed by atoms with Crippen molar-refractivity contribution in [3.05, 3.63) is 59.1 Å². The van der Waals surface area contributed by atoms with Crippen molar-refractivity contribution in [1.29, 1.82) is 0 Å². The molecule has 1 aliphatic heterocycles. The Bertz CT molecular complexity index is 1070. The molecule has 0 bridgehead atoms. The lowest BCUT2D eigenvalue weighted by molar-refractivity contribution is 0.0936. The number of nitrogens with one attached hydrogen (secondary N) is 1. The molecule has 0 radical (unpaired) electrons. The van der Waals surface area contributed by atoms with Gasteiger partial charge in [0.05, 0.1) is 32.1 Å². The van der Waals surface area contributed by atoms with Crippen LogP contribution in [0.15, 0.2) is 34.9 Å². The van der Waals surface area contributed by atoms with Crippen LogP contribution in [-0.2, 0) is 19.5 Å². The predicted molar refractivity (Wildman–Crippen MR) is 118 cm³/mol. The molecule has 0 aliphatic carbocycles. The molecular formula is C23H29N5O4. The van der Waals surface area contributed by atoms with Crippen molar-refractivity contribution in [1.82, 2.24) is 25.0 Å². The highest BCUT2D eigenvalue weighted by molar-refractivity contribution is 5.95. The largest absolute Gasteiger partial charge is 0.497 e. The average Bonchev–Trinajstić information content (AvgIpc) is 3.36. The van der Waals surface area contributed by atoms with E-state index >= 15 is 0 Å². The molecule has 170 valence electrons. The molecular weight excluding hydrogens is 410 g/mol. The van der Waals surface area contributed by atoms with E-state index in [1.54, 1.807) is 27.2 Å². The Balaban J connectivity index is 1.43. The molecule has 9 nitrogen and oxygen atoms in total. The number of furan rings is 1. The first kappa shape index (κ1) is 21.9. The Kier molecular flexibility index (Phi) is 6.45. The summed E-state index contributed by atoms with van der Waals surface area (Å²) in [7, 11) is 3.32. The van der Waals surface area contributed by atoms with Crippen LogP contribution in [-0.4, -0.2) is 52.9 Å². The van der Waals surface area contributed by atoms with Crippen LogP contribution in [0, 0.1) is 6.92 Å². The molecule has 0 unspecified atom stereocenters. The van der Waals surface area contributed by atoms with Gasteiger partial charge >= 0.3 is 0 Å². The number of aromatic nitrogens is 3. The van der Waals surface area contributed by atoms with E-state index in [-0.39, 0.29) is 11.9 Å². The highest BCUT2D eigenvalue weighted by atomic mass is 16.5. The van der Waals surface area contributed by atoms with Gasteiger partial charge in [0, 0.05) is 38.7 Å². The van der Waals surface area contributed by atoms with E-state index in [0.29, 0.717) is 11.3 Å². The Hall–Kier alpha value is -3.33. The van der Waals surface area contributed by atoms with Crippen molar-refractivity contribution in [2.45, 2.75) is 39.4 Å². The van der Waals surface area contributed by atoms with Crippen molar-refractivity contribution in [2.24, 2.45) is 0 Å². The van der Waals surface area contributed by atoms with Gasteiger partial charge in [-0.2, -0.15) is 0 Å². The van der Waals surface area contributed by atoms with Crippen LogP contribution in [0.25, 0.3) is 0 Å². The molecule has 0 saturated carbocycles. The third kappa shape index (κ3) is 4.62. The van der Waals surface area contributed by atoms with Gasteiger partial charge in [-0.15, -0.1) is 10.2 Å². The number of benzene rings is 1. The summed E-state index contributed by atoms with van der Waals surface area (Å²) in [6.45, 7) is 6.95. The Morgan fingerprint density at radius 3 is 2.56 bits per heavy atom. The molecule has 1 aliphatic rings. The Labute approximate surface area is 187 Å². The number of aryl methyl sites for hydroxylation is 1. The summed E-state index contributed by atoms with van der Waals surface area (Å²) in [4.78, 5) is 15.0. The van der Waals surface area contributed by atoms with E-state index in [4.69, 9.17) is 13.9 Å². The second kappa shape index (κ2) is 9.44. The molecule has 0 saturated heterocycles. The van der Waals surface area contributed by atoms with Gasteiger partial charge in [0.2, 0.25) is 0 Å². The number of ether oxygens (including phenoxy) is 2. The van der Waals surface area contributed by atoms with E-state index in [1.165, 1.54) is 6.26 Å². The van der Waals surface area contributed by atoms with Crippen LogP contribution in [0.5, 0.6) is 11.5 Å². The first-order chi connectivity index (χ1) is 15.5. The predicted octanol–water partition coefficient (Wildman–Crippen LogP) is 2.75. The van der Waals surface area contributed by atoms with Crippen molar-refractivity contribution < 1.29 is 18.7 Å². The van der Waals surface area contributed by atoms with Crippen LogP contribution < -0.4 is 14.8 Å². The minimum atomic E-state index is -0.271. The summed E-state index contributed by atoms with van der Waals surface area (Å²) < 4.78 is 18.2. The van der Waals surface area contributed by atoms with Crippen molar-refractivity contribution >= 4 is 5.91 Å². The first-order valence-corrected chi connectivity index (χ1v) is 10.7. The van der Waals surface area contributed by atoms with Crippen LogP contribution in [0.4, 0.5) is 0 Å². The highest BCUT2D eigenvalue weighted by Crippen LogP contribution is 2.24. The summed E-state index contributed by atoms with van der Waals surface area (Å²) in [6.07, 6.45) is 2.31. The number of methoxy groups -OCH3 is 2. The fourth-order valence-electron chi connectivity index (χ4n) is 4.04. The van der Waals surface area contributed by atoms with Crippen LogP contribution in [0.1, 0.15) is 46.3 Å². The van der Waals surface area contributed by atoms with E-state index in [1.807, 2.05) is 25.1 Å². The number of amides is 1. The zero-order chi connectivity index (χ0) is 22.7. The minimum Gasteiger partial charge on any atom is -0.497 e. The quantitative estimate of drug-likeness (QED) is 0.605. The average molecular weight is 440 g/mol. The SMILES string of the molecule is COc1cc(CN2CCc3nnc([C@@H](C)NC(=O)c4ccoc4C)n3CC2)cc(OC)c1. The molecule has 3 aromatic rings. The maximum atomic E-state index is 12.6. The first-order valence-electron chi connectivity index (χ1n) is 10.7. The standard InChI is InChI=1S/C23H29N5O4/c1-15(24-23(29)20-6-10-32-16(20)2)22-26-25-21-5-7-27(8-9-28(21)22)14-17-11-18(30-3)13-19(12-17)31-4/h6,10-13,15H,5,7-9,14H2,1-4H3,(H,24,29)/t15-/m1/s1. The molecule has 9 heteroatoms. The lowest BCUT2D eigenvalue weighted by Crippen LogP contribution is -2.30. The van der Waals surface area contributed by atoms with Crippen LogP contribution >= 0.6 is 0 Å². The number of nitrogens with zero attached hydrogens (tertiary/aromatic N) is 4. The number of carbonyl (C=O) groups excluding carboxylic acids is 1. The molecule has 1 amide bonds. The normalized spacial score (nSPS) is 15.0. The van der Waals surface area contributed by atoms with Gasteiger partial charge in [0.1, 0.15) is 23.1 Å². The van der Waals surface area contributed by atoms with Crippen molar-refractivity contribution in [3.8, 4) is 11.5 Å². The van der Waals surface area contributed by atoms with Gasteiger partial charge in [-0.25, -0.2) is 0 Å². The van der Waals surface area contributed by atoms with Crippen LogP contribution in [0.3, 0.4) is 0 Å². The van der Waals surface area contributed by atoms with E-state index in [9.17, 15) is 4.79 Å². The third-order valence-corrected chi connectivity index (χ3v) is 5.80. The van der Waals surface area contributed by atoms with E-state index in [2.05, 4.69) is 25.0 Å². The van der Waals surface area contributed by atoms with Gasteiger partial charge in [0.25, 0.3) is 5.91 Å². The topological polar surface area (TPSA) is 94.6 Å². The molecule has 1 atom stereocenters. The molecule has 1 N–H and O–H groups in total. The summed E-state index contributed by atoms with van der Waals surface area (Å²) >= 11 is 0. The van der Waals surface area contributed by atoms with Gasteiger partial charge in [-0.05, 0) is 37.6 Å². The maximum Gasteiger partial charge on any atom is 0.255 e. The number of carbonyl (C=O) groups is 1. The number of hydrogen-bond acceptors (Lipinski definition) is 7. The zero-order valence-electron chi connectivity index (χ0n) is 18.9. The molecule has 1 aromatic carbocycles. The van der Waals surface area contributed by atoms with Gasteiger partial charge in [-0.1, -0.05) is 0 Å². The molecule has 0 fully saturated rings. The molecule has 4 rings (SSSR count). The fourth-order valence-corrected chi connectivity index (χ4v) is 4.04. The maximum absolute atomic E-state index is 12.6. The van der Waals surface area contributed by atoms with Gasteiger partial charge in [0.15, 0.2) is 5.82 Å². The van der Waals surface area contributed by atoms with Gasteiger partial charge < -0.3 is 23.8 Å². The summed E-state index contributed by atoms with van der Waals surface area (Å²) in [5.41, 5.74) is 1.67. The van der Waals surface area contributed by atoms with Crippen molar-refractivity contribution in [3.63, 3.8) is 0 Å². The smallest absolute Gasteiger partial charge is 0.255 e. The summed E-state index contributed by atoms with van der Waals surface area (Å²) in [5.74, 6) is 3.69. The third-order valence-electron chi connectivity index (χ3n) is 5.80. The lowest BCUT2D eigenvalue weighted by Gasteiger charge is -2.21. The van der Waals surface area contributed by atoms with Gasteiger partial charge in [-0.3, -0.25) is 9.69 Å². The second-order valence-electron chi connectivity index (χ2n) is 7.96. The Morgan fingerprint density at radius 1 is 1.16 bits per heavy atom. The molecule has 0 spiro atoms. The number of fused-ring (bicyclic) bond motifs is 1. The summed E-state index contributed by atoms with van der Waals surface area (Å²) in [6, 6.07) is 7.35. The summed E-state index contributed by atoms with van der Waals surface area (Å²) in [5, 5.41) is 11.8. The fraction of sp³-hybridized carbons (Fsp3) is 0.435. The Morgan fingerprint density at radius 2 is 1.91 bits per heavy atom. The molecule has 32 heavy (non-hydrogen) atoms. The lowest BCUT2D eigenvalue weighted by atomic mass is 10.2. The molecule has 2 aromatic heterocycles. The second-order valence-corrected chi connectivity index (χ2v) is 7.96.